The third-order valence-corrected chi connectivity index (χ3v) is 6.37. The highest BCUT2D eigenvalue weighted by atomic mass is 35.5. The fourth-order valence-electron chi connectivity index (χ4n) is 4.36. The van der Waals surface area contributed by atoms with E-state index in [1.54, 1.807) is 23.1 Å². The van der Waals surface area contributed by atoms with Gasteiger partial charge in [0.2, 0.25) is 11.7 Å². The van der Waals surface area contributed by atoms with Gasteiger partial charge in [-0.25, -0.2) is 9.97 Å². The Balaban J connectivity index is 1.57. The molecule has 11 heteroatoms. The SMILES string of the molecule is C[C@H]1CCN(c2ncnc(N)c2F)C(=O)[C@@H]1N1CCCC(Nc2cc(Cl)cc(Cl)c2)C1=O. The Morgan fingerprint density at radius 1 is 1.09 bits per heavy atom. The zero-order valence-corrected chi connectivity index (χ0v) is 18.9. The van der Waals surface area contributed by atoms with Crippen molar-refractivity contribution >= 4 is 52.3 Å². The smallest absolute Gasteiger partial charge is 0.251 e. The summed E-state index contributed by atoms with van der Waals surface area (Å²) in [5, 5.41) is 4.10. The highest BCUT2D eigenvalue weighted by molar-refractivity contribution is 6.35. The number of nitrogen functional groups attached to an aromatic ring is 1. The number of rotatable bonds is 4. The molecule has 2 aromatic rings. The summed E-state index contributed by atoms with van der Waals surface area (Å²) in [7, 11) is 0. The standard InChI is InChI=1S/C21H23Cl2FN6O2/c1-11-4-6-30(19-16(24)18(25)26-10-27-19)21(32)17(11)29-5-2-3-15(20(29)31)28-14-8-12(22)7-13(23)9-14/h7-11,15,17,28H,2-6H2,1H3,(H2,25,26,27)/t11-,15?,17+/m0/s1. The molecule has 0 spiro atoms. The van der Waals surface area contributed by atoms with Gasteiger partial charge in [0.1, 0.15) is 18.4 Å². The van der Waals surface area contributed by atoms with Crippen LogP contribution in [0.5, 0.6) is 0 Å². The lowest BCUT2D eigenvalue weighted by Crippen LogP contribution is -2.62. The highest BCUT2D eigenvalue weighted by Gasteiger charge is 2.44. The first-order chi connectivity index (χ1) is 15.3. The van der Waals surface area contributed by atoms with Gasteiger partial charge in [0.25, 0.3) is 5.91 Å². The second-order valence-electron chi connectivity index (χ2n) is 8.13. The van der Waals surface area contributed by atoms with Gasteiger partial charge < -0.3 is 16.0 Å². The molecular weight excluding hydrogens is 458 g/mol. The Morgan fingerprint density at radius 3 is 2.53 bits per heavy atom. The van der Waals surface area contributed by atoms with Crippen LogP contribution in [-0.2, 0) is 9.59 Å². The summed E-state index contributed by atoms with van der Waals surface area (Å²) in [5.41, 5.74) is 6.19. The van der Waals surface area contributed by atoms with E-state index in [0.717, 1.165) is 6.33 Å². The van der Waals surface area contributed by atoms with Gasteiger partial charge >= 0.3 is 0 Å². The van der Waals surface area contributed by atoms with Crippen molar-refractivity contribution in [2.45, 2.75) is 38.3 Å². The lowest BCUT2D eigenvalue weighted by molar-refractivity contribution is -0.145. The topological polar surface area (TPSA) is 104 Å². The molecule has 1 aromatic carbocycles. The van der Waals surface area contributed by atoms with E-state index >= 15 is 0 Å². The number of carbonyl (C=O) groups excluding carboxylic acids is 2. The van der Waals surface area contributed by atoms with Gasteiger partial charge in [-0.15, -0.1) is 0 Å². The summed E-state index contributed by atoms with van der Waals surface area (Å²) in [4.78, 5) is 37.2. The van der Waals surface area contributed by atoms with E-state index in [2.05, 4.69) is 15.3 Å². The van der Waals surface area contributed by atoms with E-state index < -0.39 is 17.9 Å². The van der Waals surface area contributed by atoms with Crippen LogP contribution in [0.25, 0.3) is 0 Å². The van der Waals surface area contributed by atoms with Crippen LogP contribution in [0.3, 0.4) is 0 Å². The molecule has 3 N–H and O–H groups in total. The number of piperidine rings is 2. The molecule has 1 unspecified atom stereocenters. The average molecular weight is 481 g/mol. The maximum atomic E-state index is 14.5. The monoisotopic (exact) mass is 480 g/mol. The predicted octanol–water partition coefficient (Wildman–Crippen LogP) is 3.35. The highest BCUT2D eigenvalue weighted by Crippen LogP contribution is 2.32. The van der Waals surface area contributed by atoms with Crippen LogP contribution in [0.4, 0.5) is 21.7 Å². The molecule has 0 aliphatic carbocycles. The first kappa shape index (κ1) is 22.5. The van der Waals surface area contributed by atoms with E-state index in [1.165, 1.54) is 4.90 Å². The summed E-state index contributed by atoms with van der Waals surface area (Å²) in [6, 6.07) is 3.74. The molecule has 3 heterocycles. The number of carbonyl (C=O) groups is 2. The molecular formula is C21H23Cl2FN6O2. The summed E-state index contributed by atoms with van der Waals surface area (Å²) in [6.07, 6.45) is 3.03. The summed E-state index contributed by atoms with van der Waals surface area (Å²) < 4.78 is 14.5. The van der Waals surface area contributed by atoms with Crippen molar-refractivity contribution in [1.82, 2.24) is 14.9 Å². The first-order valence-corrected chi connectivity index (χ1v) is 11.1. The second-order valence-corrected chi connectivity index (χ2v) is 9.00. The molecule has 4 rings (SSSR count). The lowest BCUT2D eigenvalue weighted by atomic mass is 9.89. The van der Waals surface area contributed by atoms with Gasteiger partial charge in [0.05, 0.1) is 0 Å². The molecule has 0 saturated carbocycles. The molecule has 1 aromatic heterocycles. The van der Waals surface area contributed by atoms with Crippen LogP contribution in [0, 0.1) is 11.7 Å². The second kappa shape index (κ2) is 9.07. The summed E-state index contributed by atoms with van der Waals surface area (Å²) in [6.45, 7) is 2.65. The minimum Gasteiger partial charge on any atom is -0.381 e. The fraction of sp³-hybridized carbons (Fsp3) is 0.429. The number of hydrogen-bond acceptors (Lipinski definition) is 6. The molecule has 3 atom stereocenters. The van der Waals surface area contributed by atoms with Crippen molar-refractivity contribution in [2.24, 2.45) is 5.92 Å². The maximum absolute atomic E-state index is 14.5. The van der Waals surface area contributed by atoms with E-state index in [1.807, 2.05) is 6.92 Å². The van der Waals surface area contributed by atoms with Gasteiger partial charge in [-0.1, -0.05) is 30.1 Å². The quantitative estimate of drug-likeness (QED) is 0.694. The van der Waals surface area contributed by atoms with E-state index in [0.29, 0.717) is 41.5 Å². The van der Waals surface area contributed by atoms with Crippen LogP contribution >= 0.6 is 23.2 Å². The first-order valence-electron chi connectivity index (χ1n) is 10.4. The number of hydrogen-bond donors (Lipinski definition) is 2. The molecule has 2 saturated heterocycles. The third kappa shape index (κ3) is 4.31. The number of nitrogens with zero attached hydrogens (tertiary/aromatic N) is 4. The van der Waals surface area contributed by atoms with Gasteiger partial charge in [0.15, 0.2) is 11.6 Å². The van der Waals surface area contributed by atoms with Crippen molar-refractivity contribution in [3.8, 4) is 0 Å². The number of benzene rings is 1. The summed E-state index contributed by atoms with van der Waals surface area (Å²) in [5.74, 6) is -1.98. The predicted molar refractivity (Wildman–Crippen MR) is 121 cm³/mol. The molecule has 2 aliphatic rings. The van der Waals surface area contributed by atoms with Crippen molar-refractivity contribution < 1.29 is 14.0 Å². The van der Waals surface area contributed by atoms with Gasteiger partial charge in [-0.05, 0) is 43.4 Å². The minimum atomic E-state index is -0.837. The lowest BCUT2D eigenvalue weighted by Gasteiger charge is -2.44. The van der Waals surface area contributed by atoms with Crippen molar-refractivity contribution in [3.05, 3.63) is 40.4 Å². The van der Waals surface area contributed by atoms with Crippen LogP contribution in [0.1, 0.15) is 26.2 Å². The molecule has 2 fully saturated rings. The summed E-state index contributed by atoms with van der Waals surface area (Å²) >= 11 is 12.1. The number of halogens is 3. The average Bonchev–Trinajstić information content (AvgIpc) is 2.72. The Labute approximate surface area is 194 Å². The van der Waals surface area contributed by atoms with Crippen LogP contribution in [0.15, 0.2) is 24.5 Å². The van der Waals surface area contributed by atoms with Gasteiger partial charge in [0, 0.05) is 28.8 Å². The van der Waals surface area contributed by atoms with Crippen molar-refractivity contribution in [3.63, 3.8) is 0 Å². The molecule has 0 bridgehead atoms. The van der Waals surface area contributed by atoms with Crippen molar-refractivity contribution in [2.75, 3.05) is 29.0 Å². The van der Waals surface area contributed by atoms with Gasteiger partial charge in [-0.2, -0.15) is 4.39 Å². The normalized spacial score (nSPS) is 24.1. The van der Waals surface area contributed by atoms with E-state index in [4.69, 9.17) is 28.9 Å². The van der Waals surface area contributed by atoms with Crippen molar-refractivity contribution in [1.29, 1.82) is 0 Å². The molecule has 2 amide bonds. The fourth-order valence-corrected chi connectivity index (χ4v) is 4.89. The number of amides is 2. The molecule has 2 aliphatic heterocycles. The van der Waals surface area contributed by atoms with Gasteiger partial charge in [-0.3, -0.25) is 14.5 Å². The van der Waals surface area contributed by atoms with Crippen LogP contribution < -0.4 is 16.0 Å². The Morgan fingerprint density at radius 2 is 1.81 bits per heavy atom. The number of anilines is 3. The molecule has 32 heavy (non-hydrogen) atoms. The van der Waals surface area contributed by atoms with E-state index in [9.17, 15) is 14.0 Å². The molecule has 170 valence electrons. The zero-order valence-electron chi connectivity index (χ0n) is 17.4. The largest absolute Gasteiger partial charge is 0.381 e. The molecule has 0 radical (unpaired) electrons. The Hall–Kier alpha value is -2.65. The third-order valence-electron chi connectivity index (χ3n) is 5.93. The number of aromatic nitrogens is 2. The zero-order chi connectivity index (χ0) is 23.0. The van der Waals surface area contributed by atoms with E-state index in [-0.39, 0.29) is 35.9 Å². The van der Waals surface area contributed by atoms with Crippen LogP contribution in [-0.4, -0.2) is 51.9 Å². The minimum absolute atomic E-state index is 0.0932. The number of likely N-dealkylation sites (tertiary alicyclic amines) is 1. The Bertz CT molecular complexity index is 1030. The maximum Gasteiger partial charge on any atom is 0.251 e. The molecule has 8 nitrogen and oxygen atoms in total. The van der Waals surface area contributed by atoms with Crippen LogP contribution in [0.2, 0.25) is 10.0 Å². The number of nitrogens with two attached hydrogens (primary N) is 1. The number of nitrogens with one attached hydrogen (secondary N) is 1. The Kier molecular flexibility index (Phi) is 6.39.